The minimum absolute atomic E-state index is 0.0339. The van der Waals surface area contributed by atoms with E-state index in [4.69, 9.17) is 0 Å². The molecule has 0 amide bonds. The Morgan fingerprint density at radius 2 is 0.516 bits per heavy atom. The Kier molecular flexibility index (Phi) is 34.2. The van der Waals surface area contributed by atoms with E-state index in [-0.39, 0.29) is 32.1 Å². The van der Waals surface area contributed by atoms with Crippen LogP contribution in [-0.4, -0.2) is 240 Å². The van der Waals surface area contributed by atoms with Gasteiger partial charge in [-0.25, -0.2) is 0 Å². The Hall–Kier alpha value is -1.33. The van der Waals surface area contributed by atoms with Gasteiger partial charge in [0, 0.05) is 0 Å². The number of aliphatic carboxylic acids is 1. The summed E-state index contributed by atoms with van der Waals surface area (Å²) in [6, 6.07) is 0. The van der Waals surface area contributed by atoms with Gasteiger partial charge in [-0.15, -0.1) is 0 Å². The molecule has 0 fully saturated rings. The third kappa shape index (κ3) is 23.1. The van der Waals surface area contributed by atoms with Crippen LogP contribution in [0.25, 0.3) is 0 Å². The maximum absolute atomic E-state index is 13.1. The van der Waals surface area contributed by atoms with Gasteiger partial charge >= 0.3 is 5.97 Å². The number of aliphatic hydroxyl groups excluding tert-OH is 20. The number of rotatable bonds is 41. The fourth-order valence-electron chi connectivity index (χ4n) is 9.87. The summed E-state index contributed by atoms with van der Waals surface area (Å²) in [6.45, 7) is -8.56. The molecule has 22 heteroatoms. The van der Waals surface area contributed by atoms with E-state index >= 15 is 0 Å². The average Bonchev–Trinajstić information content (AvgIpc) is 3.29. The Morgan fingerprint density at radius 3 is 0.812 bits per heavy atom. The molecule has 64 heavy (non-hydrogen) atoms. The highest BCUT2D eigenvalue weighted by Crippen LogP contribution is 2.51. The zero-order chi connectivity index (χ0) is 49.1. The molecule has 19 atom stereocenters. The van der Waals surface area contributed by atoms with Crippen LogP contribution in [0.15, 0.2) is 0 Å². The lowest BCUT2D eigenvalue weighted by Crippen LogP contribution is -2.48. The predicted octanol–water partition coefficient (Wildman–Crippen LogP) is -6.17. The fourth-order valence-corrected chi connectivity index (χ4v) is 9.87. The Morgan fingerprint density at radius 1 is 0.281 bits per heavy atom. The molecule has 22 nitrogen and oxygen atoms in total. The molecule has 19 unspecified atom stereocenters. The lowest BCUT2D eigenvalue weighted by atomic mass is 9.56. The molecule has 0 rings (SSSR count). The molecule has 21 N–H and O–H groups in total. The third-order valence-electron chi connectivity index (χ3n) is 12.9. The summed E-state index contributed by atoms with van der Waals surface area (Å²) >= 11 is 0. The van der Waals surface area contributed by atoms with Crippen LogP contribution in [0.4, 0.5) is 0 Å². The normalized spacial score (nSPS) is 21.4. The number of carbonyl (C=O) groups is 1. The molecular weight excluding hydrogens is 856 g/mol. The predicted molar refractivity (Wildman–Crippen MR) is 225 cm³/mol. The molecular formula is C42H84O22. The second kappa shape index (κ2) is 34.9. The van der Waals surface area contributed by atoms with E-state index in [9.17, 15) is 112 Å². The van der Waals surface area contributed by atoms with Crippen molar-refractivity contribution in [3.05, 3.63) is 0 Å². The smallest absolute Gasteiger partial charge is 0.306 e. The van der Waals surface area contributed by atoms with Crippen molar-refractivity contribution in [1.82, 2.24) is 0 Å². The van der Waals surface area contributed by atoms with Crippen LogP contribution in [0.1, 0.15) is 77.0 Å². The van der Waals surface area contributed by atoms with Crippen molar-refractivity contribution in [3.63, 3.8) is 0 Å². The van der Waals surface area contributed by atoms with Gasteiger partial charge in [0.25, 0.3) is 0 Å². The third-order valence-corrected chi connectivity index (χ3v) is 12.9. The van der Waals surface area contributed by atoms with Gasteiger partial charge in [0.05, 0.1) is 133 Å². The van der Waals surface area contributed by atoms with E-state index in [1.807, 2.05) is 0 Å². The maximum Gasteiger partial charge on any atom is 0.306 e. The van der Waals surface area contributed by atoms with Gasteiger partial charge in [-0.2, -0.15) is 0 Å². The molecule has 0 aliphatic heterocycles. The van der Waals surface area contributed by atoms with Crippen molar-refractivity contribution in [2.75, 3.05) is 66.1 Å². The zero-order valence-electron chi connectivity index (χ0n) is 36.8. The summed E-state index contributed by atoms with van der Waals surface area (Å²) in [5.41, 5.74) is 0. The molecule has 0 aliphatic carbocycles. The Bertz CT molecular complexity index is 1150. The second-order valence-electron chi connectivity index (χ2n) is 17.8. The first-order chi connectivity index (χ1) is 30.2. The van der Waals surface area contributed by atoms with Crippen LogP contribution < -0.4 is 0 Å². The molecule has 0 heterocycles. The number of hydrogen-bond donors (Lipinski definition) is 21. The highest BCUT2D eigenvalue weighted by atomic mass is 16.4. The molecule has 0 bridgehead atoms. The van der Waals surface area contributed by atoms with Gasteiger partial charge in [0.15, 0.2) is 0 Å². The topological polar surface area (TPSA) is 442 Å². The summed E-state index contributed by atoms with van der Waals surface area (Å²) < 4.78 is 0. The maximum atomic E-state index is 13.1. The van der Waals surface area contributed by atoms with E-state index in [0.717, 1.165) is 0 Å². The highest BCUT2D eigenvalue weighted by Gasteiger charge is 2.49. The lowest BCUT2D eigenvalue weighted by Gasteiger charge is -2.50. The largest absolute Gasteiger partial charge is 0.481 e. The van der Waals surface area contributed by atoms with E-state index in [2.05, 4.69) is 0 Å². The van der Waals surface area contributed by atoms with Gasteiger partial charge in [-0.3, -0.25) is 4.79 Å². The lowest BCUT2D eigenvalue weighted by molar-refractivity contribution is -0.149. The van der Waals surface area contributed by atoms with E-state index in [0.29, 0.717) is 0 Å². The molecule has 0 aliphatic rings. The SMILES string of the molecule is O=C(O)C(CC(O)CO)C(CC(O)CO)C(CC(O)CO)C(CC(O)CO)C(CC(O)CO)C(CC(O)CO)C(CC(O)CO)C(CC(O)CO)C(CCCC(O)CO)CC(O)CO. The van der Waals surface area contributed by atoms with E-state index in [1.165, 1.54) is 0 Å². The van der Waals surface area contributed by atoms with Crippen molar-refractivity contribution < 1.29 is 112 Å². The summed E-state index contributed by atoms with van der Waals surface area (Å²) in [6.07, 6.45) is -19.7. The zero-order valence-corrected chi connectivity index (χ0v) is 36.8. The second-order valence-corrected chi connectivity index (χ2v) is 17.8. The minimum atomic E-state index is -1.71. The first kappa shape index (κ1) is 62.7. The molecule has 384 valence electrons. The highest BCUT2D eigenvalue weighted by molar-refractivity contribution is 5.70. The van der Waals surface area contributed by atoms with Crippen LogP contribution in [0.5, 0.6) is 0 Å². The van der Waals surface area contributed by atoms with Crippen LogP contribution in [0.3, 0.4) is 0 Å². The van der Waals surface area contributed by atoms with Crippen LogP contribution in [0, 0.1) is 53.3 Å². The molecule has 0 aromatic carbocycles. The molecule has 0 saturated heterocycles. The standard InChI is InChI=1S/C42H84O22/c43-13-24(53)3-1-2-23(4-25(54)14-44)34(5-26(55)15-45)35(6-27(56)16-46)36(7-28(57)17-47)37(8-29(58)18-48)38(9-30(59)19-49)39(10-31(60)20-50)40(11-32(61)21-51)41(42(63)64)12-33(62)22-52/h23-41,43-62H,1-22H2,(H,63,64). The first-order valence-corrected chi connectivity index (χ1v) is 22.4. The van der Waals surface area contributed by atoms with Gasteiger partial charge in [0.1, 0.15) is 0 Å². The van der Waals surface area contributed by atoms with Gasteiger partial charge in [0.2, 0.25) is 0 Å². The molecule has 0 radical (unpaired) electrons. The molecule has 0 spiro atoms. The van der Waals surface area contributed by atoms with E-state index < -0.39 is 231 Å². The van der Waals surface area contributed by atoms with E-state index in [1.54, 1.807) is 0 Å². The number of carboxylic acid groups (broad SMARTS) is 1. The molecule has 0 saturated carbocycles. The molecule has 0 aromatic rings. The number of aliphatic hydroxyl groups is 20. The minimum Gasteiger partial charge on any atom is -0.481 e. The van der Waals surface area contributed by atoms with Crippen molar-refractivity contribution in [3.8, 4) is 0 Å². The quantitative estimate of drug-likeness (QED) is 0.0271. The summed E-state index contributed by atoms with van der Waals surface area (Å²) in [4.78, 5) is 13.1. The van der Waals surface area contributed by atoms with Crippen LogP contribution in [0.2, 0.25) is 0 Å². The fraction of sp³-hybridized carbons (Fsp3) is 0.976. The molecule has 0 aromatic heterocycles. The van der Waals surface area contributed by atoms with Crippen LogP contribution in [-0.2, 0) is 4.79 Å². The van der Waals surface area contributed by atoms with Crippen LogP contribution >= 0.6 is 0 Å². The monoisotopic (exact) mass is 941 g/mol. The number of carboxylic acids is 1. The summed E-state index contributed by atoms with van der Waals surface area (Å²) in [7, 11) is 0. The van der Waals surface area contributed by atoms with Gasteiger partial charge < -0.3 is 107 Å². The summed E-state index contributed by atoms with van der Waals surface area (Å²) in [5, 5.41) is 221. The number of hydrogen-bond acceptors (Lipinski definition) is 21. The average molecular weight is 941 g/mol. The van der Waals surface area contributed by atoms with Crippen molar-refractivity contribution >= 4 is 5.97 Å². The first-order valence-electron chi connectivity index (χ1n) is 22.4. The Balaban J connectivity index is 8.94. The van der Waals surface area contributed by atoms with Crippen molar-refractivity contribution in [2.24, 2.45) is 53.3 Å². The van der Waals surface area contributed by atoms with Crippen molar-refractivity contribution in [2.45, 2.75) is 138 Å². The Labute approximate surface area is 375 Å². The van der Waals surface area contributed by atoms with Gasteiger partial charge in [-0.05, 0) is 118 Å². The summed E-state index contributed by atoms with van der Waals surface area (Å²) in [5.74, 6) is -13.0. The van der Waals surface area contributed by atoms with Crippen molar-refractivity contribution in [1.29, 1.82) is 0 Å². The van der Waals surface area contributed by atoms with Gasteiger partial charge in [-0.1, -0.05) is 6.42 Å².